The molecule has 0 fully saturated rings. The second-order valence-electron chi connectivity index (χ2n) is 5.02. The summed E-state index contributed by atoms with van der Waals surface area (Å²) in [5.41, 5.74) is 0.738. The Balaban J connectivity index is 2.12. The molecule has 130 valence electrons. The number of fused-ring (bicyclic) bond motifs is 1. The fraction of sp³-hybridized carbons (Fsp3) is 0.375. The van der Waals surface area contributed by atoms with Crippen molar-refractivity contribution >= 4 is 28.7 Å². The van der Waals surface area contributed by atoms with E-state index in [4.69, 9.17) is 10.5 Å². The molecule has 0 bridgehead atoms. The Labute approximate surface area is 147 Å². The zero-order valence-corrected chi connectivity index (χ0v) is 14.0. The lowest BCUT2D eigenvalue weighted by Gasteiger charge is -2.20. The number of rotatable bonds is 8. The van der Waals surface area contributed by atoms with Gasteiger partial charge in [0.15, 0.2) is 5.16 Å². The van der Waals surface area contributed by atoms with Gasteiger partial charge in [0.2, 0.25) is 5.91 Å². The lowest BCUT2D eigenvalue weighted by atomic mass is 10.3. The predicted molar refractivity (Wildman–Crippen MR) is 88.8 cm³/mol. The number of halogens is 2. The highest BCUT2D eigenvalue weighted by molar-refractivity contribution is 7.99. The molecule has 1 aromatic heterocycles. The van der Waals surface area contributed by atoms with Crippen LogP contribution in [0.5, 0.6) is 0 Å². The minimum Gasteiger partial charge on any atom is -0.340 e. The van der Waals surface area contributed by atoms with Crippen molar-refractivity contribution in [1.29, 1.82) is 10.5 Å². The molecule has 2 rings (SSSR count). The number of benzene rings is 1. The molecule has 0 aliphatic carbocycles. The van der Waals surface area contributed by atoms with Crippen molar-refractivity contribution < 1.29 is 13.6 Å². The third kappa shape index (κ3) is 4.68. The number of thioether (sulfide) groups is 1. The molecule has 1 aromatic carbocycles. The van der Waals surface area contributed by atoms with Gasteiger partial charge in [-0.15, -0.1) is 0 Å². The van der Waals surface area contributed by atoms with Crippen LogP contribution in [0.1, 0.15) is 19.4 Å². The van der Waals surface area contributed by atoms with E-state index in [1.54, 1.807) is 24.3 Å². The van der Waals surface area contributed by atoms with Gasteiger partial charge in [0.25, 0.3) is 0 Å². The zero-order valence-electron chi connectivity index (χ0n) is 13.2. The molecule has 9 heteroatoms. The number of alkyl halides is 2. The van der Waals surface area contributed by atoms with Gasteiger partial charge < -0.3 is 4.90 Å². The zero-order chi connectivity index (χ0) is 18.2. The van der Waals surface area contributed by atoms with E-state index in [0.717, 1.165) is 16.3 Å². The predicted octanol–water partition coefficient (Wildman–Crippen LogP) is 3.18. The van der Waals surface area contributed by atoms with Crippen LogP contribution in [-0.2, 0) is 4.79 Å². The standard InChI is InChI=1S/C16H15F2N5OS/c17-15(18)23-13-6-2-1-5-12(13)21-16(23)25-11-14(24)22(9-3-7-19)10-4-8-20/h1-2,5-6,15H,3-4,9-11H2. The Morgan fingerprint density at radius 1 is 1.24 bits per heavy atom. The minimum absolute atomic E-state index is 0.0602. The molecule has 0 N–H and O–H groups in total. The van der Waals surface area contributed by atoms with Gasteiger partial charge in [-0.25, -0.2) is 4.98 Å². The molecule has 6 nitrogen and oxygen atoms in total. The highest BCUT2D eigenvalue weighted by Crippen LogP contribution is 2.29. The number of amides is 1. The minimum atomic E-state index is -2.77. The maximum absolute atomic E-state index is 13.3. The van der Waals surface area contributed by atoms with Crippen molar-refractivity contribution in [1.82, 2.24) is 14.5 Å². The largest absolute Gasteiger partial charge is 0.340 e. The smallest absolute Gasteiger partial charge is 0.321 e. The van der Waals surface area contributed by atoms with E-state index in [1.807, 2.05) is 12.1 Å². The fourth-order valence-electron chi connectivity index (χ4n) is 2.26. The first-order valence-electron chi connectivity index (χ1n) is 7.48. The highest BCUT2D eigenvalue weighted by Gasteiger charge is 2.20. The van der Waals surface area contributed by atoms with Crippen LogP contribution in [0.25, 0.3) is 11.0 Å². The number of hydrogen-bond acceptors (Lipinski definition) is 5. The first-order valence-corrected chi connectivity index (χ1v) is 8.46. The summed E-state index contributed by atoms with van der Waals surface area (Å²) in [6.45, 7) is -2.34. The number of aromatic nitrogens is 2. The fourth-order valence-corrected chi connectivity index (χ4v) is 3.18. The molecule has 0 spiro atoms. The Kier molecular flexibility index (Phi) is 6.72. The molecular weight excluding hydrogens is 348 g/mol. The Morgan fingerprint density at radius 3 is 2.48 bits per heavy atom. The van der Waals surface area contributed by atoms with Crippen molar-refractivity contribution in [2.45, 2.75) is 24.5 Å². The summed E-state index contributed by atoms with van der Waals surface area (Å²) in [6.07, 6.45) is 0.300. The molecule has 0 aliphatic heterocycles. The second kappa shape index (κ2) is 9.00. The van der Waals surface area contributed by atoms with Gasteiger partial charge in [-0.05, 0) is 12.1 Å². The quantitative estimate of drug-likeness (QED) is 0.673. The van der Waals surface area contributed by atoms with Gasteiger partial charge in [0.05, 0.1) is 41.8 Å². The molecule has 0 saturated carbocycles. The number of nitrogens with zero attached hydrogens (tertiary/aromatic N) is 5. The Bertz CT molecular complexity index is 806. The molecule has 1 heterocycles. The topological polar surface area (TPSA) is 85.7 Å². The number of para-hydroxylation sites is 2. The summed E-state index contributed by atoms with van der Waals surface area (Å²) < 4.78 is 27.5. The highest BCUT2D eigenvalue weighted by atomic mass is 32.2. The van der Waals surface area contributed by atoms with Crippen LogP contribution in [0.15, 0.2) is 29.4 Å². The van der Waals surface area contributed by atoms with E-state index in [0.29, 0.717) is 11.0 Å². The van der Waals surface area contributed by atoms with E-state index >= 15 is 0 Å². The molecule has 0 atom stereocenters. The number of carbonyl (C=O) groups is 1. The van der Waals surface area contributed by atoms with E-state index in [-0.39, 0.29) is 42.7 Å². The molecule has 0 unspecified atom stereocenters. The van der Waals surface area contributed by atoms with Crippen LogP contribution >= 0.6 is 11.8 Å². The monoisotopic (exact) mass is 363 g/mol. The summed E-state index contributed by atoms with van der Waals surface area (Å²) in [5.74, 6) is -0.407. The van der Waals surface area contributed by atoms with Crippen LogP contribution in [0.2, 0.25) is 0 Å². The molecule has 25 heavy (non-hydrogen) atoms. The van der Waals surface area contributed by atoms with Crippen molar-refractivity contribution in [3.8, 4) is 12.1 Å². The third-order valence-corrected chi connectivity index (χ3v) is 4.36. The maximum Gasteiger partial charge on any atom is 0.321 e. The molecular formula is C16H15F2N5OS. The molecule has 0 aliphatic rings. The van der Waals surface area contributed by atoms with Crippen molar-refractivity contribution in [3.05, 3.63) is 24.3 Å². The average Bonchev–Trinajstić information content (AvgIpc) is 2.98. The van der Waals surface area contributed by atoms with Gasteiger partial charge in [-0.1, -0.05) is 23.9 Å². The van der Waals surface area contributed by atoms with Crippen LogP contribution in [0.4, 0.5) is 8.78 Å². The molecule has 1 amide bonds. The molecule has 0 saturated heterocycles. The first-order chi connectivity index (χ1) is 12.1. The first kappa shape index (κ1) is 18.7. The second-order valence-corrected chi connectivity index (χ2v) is 5.96. The van der Waals surface area contributed by atoms with Gasteiger partial charge in [-0.2, -0.15) is 19.3 Å². The lowest BCUT2D eigenvalue weighted by molar-refractivity contribution is -0.128. The van der Waals surface area contributed by atoms with Gasteiger partial charge in [0.1, 0.15) is 0 Å². The van der Waals surface area contributed by atoms with Gasteiger partial charge in [0, 0.05) is 13.1 Å². The van der Waals surface area contributed by atoms with E-state index < -0.39 is 6.55 Å². The van der Waals surface area contributed by atoms with Crippen molar-refractivity contribution in [3.63, 3.8) is 0 Å². The summed E-state index contributed by atoms with van der Waals surface area (Å²) >= 11 is 0.919. The summed E-state index contributed by atoms with van der Waals surface area (Å²) in [5, 5.41) is 17.4. The summed E-state index contributed by atoms with van der Waals surface area (Å²) in [6, 6.07) is 10.4. The van der Waals surface area contributed by atoms with Crippen LogP contribution in [-0.4, -0.2) is 39.2 Å². The van der Waals surface area contributed by atoms with Gasteiger partial charge in [-0.3, -0.25) is 9.36 Å². The third-order valence-electron chi connectivity index (χ3n) is 3.42. The van der Waals surface area contributed by atoms with E-state index in [1.165, 1.54) is 4.90 Å². The average molecular weight is 363 g/mol. The SMILES string of the molecule is N#CCCN(CCC#N)C(=O)CSc1nc2ccccc2n1C(F)F. The maximum atomic E-state index is 13.3. The summed E-state index contributed by atoms with van der Waals surface area (Å²) in [7, 11) is 0. The van der Waals surface area contributed by atoms with Crippen LogP contribution in [0, 0.1) is 22.7 Å². The number of nitriles is 2. The number of imidazole rings is 1. The molecule has 0 radical (unpaired) electrons. The Morgan fingerprint density at radius 2 is 1.88 bits per heavy atom. The van der Waals surface area contributed by atoms with Gasteiger partial charge >= 0.3 is 6.55 Å². The molecule has 2 aromatic rings. The van der Waals surface area contributed by atoms with Crippen molar-refractivity contribution in [2.24, 2.45) is 0 Å². The number of hydrogen-bond donors (Lipinski definition) is 0. The Hall–Kier alpha value is -2.65. The van der Waals surface area contributed by atoms with E-state index in [9.17, 15) is 13.6 Å². The summed E-state index contributed by atoms with van der Waals surface area (Å²) in [4.78, 5) is 17.8. The van der Waals surface area contributed by atoms with Crippen LogP contribution < -0.4 is 0 Å². The van der Waals surface area contributed by atoms with E-state index in [2.05, 4.69) is 4.98 Å². The normalized spacial score (nSPS) is 10.6. The lowest BCUT2D eigenvalue weighted by Crippen LogP contribution is -2.34. The number of carbonyl (C=O) groups excluding carboxylic acids is 1. The van der Waals surface area contributed by atoms with Crippen molar-refractivity contribution in [2.75, 3.05) is 18.8 Å². The van der Waals surface area contributed by atoms with Crippen LogP contribution in [0.3, 0.4) is 0 Å².